The first-order valence-electron chi connectivity index (χ1n) is 13.0. The monoisotopic (exact) mass is 540 g/mol. The van der Waals surface area contributed by atoms with E-state index in [4.69, 9.17) is 9.47 Å². The number of fused-ring (bicyclic) bond motifs is 3. The van der Waals surface area contributed by atoms with E-state index < -0.39 is 76.9 Å². The Morgan fingerprint density at radius 1 is 1.03 bits per heavy atom. The highest BCUT2D eigenvalue weighted by molar-refractivity contribution is 6.31. The summed E-state index contributed by atoms with van der Waals surface area (Å²) in [6.45, 7) is 2.79. The van der Waals surface area contributed by atoms with Gasteiger partial charge >= 0.3 is 0 Å². The van der Waals surface area contributed by atoms with E-state index in [1.54, 1.807) is 0 Å². The summed E-state index contributed by atoms with van der Waals surface area (Å²) in [5.41, 5.74) is -3.14. The lowest BCUT2D eigenvalue weighted by molar-refractivity contribution is -0.152. The molecule has 10 heteroatoms. The van der Waals surface area contributed by atoms with E-state index in [9.17, 15) is 39.9 Å². The van der Waals surface area contributed by atoms with Crippen molar-refractivity contribution in [2.75, 3.05) is 13.7 Å². The number of aliphatic hydroxyl groups excluding tert-OH is 2. The van der Waals surface area contributed by atoms with Crippen LogP contribution in [0.25, 0.3) is 0 Å². The number of hydrogen-bond donors (Lipinski definition) is 5. The summed E-state index contributed by atoms with van der Waals surface area (Å²) in [5.74, 6) is -3.64. The predicted molar refractivity (Wildman–Crippen MR) is 136 cm³/mol. The van der Waals surface area contributed by atoms with Crippen LogP contribution in [0, 0.1) is 11.8 Å². The van der Waals surface area contributed by atoms with E-state index in [1.165, 1.54) is 25.3 Å². The zero-order valence-electron chi connectivity index (χ0n) is 21.9. The summed E-state index contributed by atoms with van der Waals surface area (Å²) in [6.07, 6.45) is -2.05. The molecule has 0 aliphatic heterocycles. The van der Waals surface area contributed by atoms with Crippen LogP contribution in [0.1, 0.15) is 82.2 Å². The molecule has 1 saturated carbocycles. The van der Waals surface area contributed by atoms with Crippen molar-refractivity contribution in [3.63, 3.8) is 0 Å². The van der Waals surface area contributed by atoms with Gasteiger partial charge in [-0.2, -0.15) is 0 Å². The molecule has 3 aliphatic carbocycles. The van der Waals surface area contributed by atoms with Gasteiger partial charge in [-0.05, 0) is 30.7 Å². The highest BCUT2D eigenvalue weighted by Crippen LogP contribution is 2.52. The number of aromatic hydroxyl groups is 2. The number of rotatable bonds is 5. The van der Waals surface area contributed by atoms with Gasteiger partial charge in [0.25, 0.3) is 0 Å². The number of ether oxygens (including phenoxy) is 2. The molecule has 0 radical (unpaired) electrons. The van der Waals surface area contributed by atoms with Crippen molar-refractivity contribution >= 4 is 17.3 Å². The number of ketones is 3. The molecule has 2 aromatic carbocycles. The highest BCUT2D eigenvalue weighted by atomic mass is 16.5. The minimum atomic E-state index is -2.15. The summed E-state index contributed by atoms with van der Waals surface area (Å²) in [6, 6.07) is 4.44. The summed E-state index contributed by atoms with van der Waals surface area (Å²) in [7, 11) is 1.35. The molecule has 0 heterocycles. The van der Waals surface area contributed by atoms with Crippen molar-refractivity contribution in [3.8, 4) is 17.2 Å². The number of carbonyl (C=O) groups excluding carboxylic acids is 3. The van der Waals surface area contributed by atoms with Gasteiger partial charge in [0.1, 0.15) is 29.5 Å². The van der Waals surface area contributed by atoms with Crippen LogP contribution in [0.15, 0.2) is 18.2 Å². The van der Waals surface area contributed by atoms with Gasteiger partial charge in [-0.15, -0.1) is 0 Å². The third kappa shape index (κ3) is 4.13. The molecule has 10 nitrogen and oxygen atoms in total. The van der Waals surface area contributed by atoms with Gasteiger partial charge in [-0.25, -0.2) is 0 Å². The number of phenolic OH excluding ortho intramolecular Hbond substituents is 2. The number of aliphatic hydroxyl groups is 3. The van der Waals surface area contributed by atoms with Crippen LogP contribution in [-0.2, 0) is 16.0 Å². The summed E-state index contributed by atoms with van der Waals surface area (Å²) >= 11 is 0. The maximum absolute atomic E-state index is 13.7. The molecule has 0 aromatic heterocycles. The van der Waals surface area contributed by atoms with Gasteiger partial charge in [0.15, 0.2) is 11.6 Å². The molecule has 3 unspecified atom stereocenters. The lowest BCUT2D eigenvalue weighted by Gasteiger charge is -2.42. The largest absolute Gasteiger partial charge is 0.507 e. The Kier molecular flexibility index (Phi) is 6.79. The second kappa shape index (κ2) is 9.71. The van der Waals surface area contributed by atoms with Crippen LogP contribution in [-0.4, -0.2) is 74.4 Å². The Morgan fingerprint density at radius 2 is 1.67 bits per heavy atom. The SMILES string of the molecule is COc1cccc2c1C(=O)c1c(O)c3c(c(O)c1C2=O)C[C@@](O)(C(=O)CO)CC3OC1C[C@@H](C)C(O)[C@@H](C)C1. The summed E-state index contributed by atoms with van der Waals surface area (Å²) < 4.78 is 11.6. The fourth-order valence-electron chi connectivity index (χ4n) is 6.50. The third-order valence-electron chi connectivity index (χ3n) is 8.53. The molecule has 2 aromatic rings. The van der Waals surface area contributed by atoms with Crippen molar-refractivity contribution in [3.05, 3.63) is 51.6 Å². The maximum Gasteiger partial charge on any atom is 0.202 e. The van der Waals surface area contributed by atoms with Crippen LogP contribution < -0.4 is 4.74 Å². The molecule has 208 valence electrons. The lowest BCUT2D eigenvalue weighted by atomic mass is 9.71. The average molecular weight is 541 g/mol. The fraction of sp³-hybridized carbons (Fsp3) is 0.483. The Hall–Kier alpha value is -3.31. The lowest BCUT2D eigenvalue weighted by Crippen LogP contribution is -2.48. The number of benzene rings is 2. The Morgan fingerprint density at radius 3 is 2.28 bits per heavy atom. The maximum atomic E-state index is 13.7. The topological polar surface area (TPSA) is 171 Å². The minimum Gasteiger partial charge on any atom is -0.507 e. The molecule has 3 aliphatic rings. The number of carbonyl (C=O) groups is 3. The second-order valence-corrected chi connectivity index (χ2v) is 11.0. The van der Waals surface area contributed by atoms with Gasteiger partial charge < -0.3 is 35.0 Å². The van der Waals surface area contributed by atoms with E-state index in [0.29, 0.717) is 12.8 Å². The molecule has 0 spiro atoms. The first-order valence-corrected chi connectivity index (χ1v) is 13.0. The van der Waals surface area contributed by atoms with Gasteiger partial charge in [-0.1, -0.05) is 26.0 Å². The zero-order valence-corrected chi connectivity index (χ0v) is 21.9. The Labute approximate surface area is 224 Å². The Bertz CT molecular complexity index is 1370. The summed E-state index contributed by atoms with van der Waals surface area (Å²) in [4.78, 5) is 39.9. The predicted octanol–water partition coefficient (Wildman–Crippen LogP) is 1.97. The van der Waals surface area contributed by atoms with E-state index in [0.717, 1.165) is 0 Å². The second-order valence-electron chi connectivity index (χ2n) is 11.0. The molecule has 6 atom stereocenters. The fourth-order valence-corrected chi connectivity index (χ4v) is 6.50. The van der Waals surface area contributed by atoms with E-state index >= 15 is 0 Å². The molecule has 0 amide bonds. The van der Waals surface area contributed by atoms with Crippen molar-refractivity contribution in [2.24, 2.45) is 11.8 Å². The van der Waals surface area contributed by atoms with Crippen LogP contribution in [0.3, 0.4) is 0 Å². The number of hydrogen-bond acceptors (Lipinski definition) is 10. The van der Waals surface area contributed by atoms with Gasteiger partial charge in [0.05, 0.1) is 42.1 Å². The molecular formula is C29H32O10. The standard InChI is InChI=1S/C29H32O10/c1-12-7-14(8-13(2)24(12)32)39-18-10-29(37,19(31)11-30)9-16-21(18)28(36)23-22(26(16)34)25(33)15-5-4-6-17(38-3)20(15)27(23)35/h4-6,12-14,18,24,30,32,34,36-37H,7-11H2,1-3H3/t12-,13+,14?,18?,24?,29-/m0/s1. The molecule has 39 heavy (non-hydrogen) atoms. The van der Waals surface area contributed by atoms with Crippen LogP contribution in [0.2, 0.25) is 0 Å². The highest BCUT2D eigenvalue weighted by Gasteiger charge is 2.50. The van der Waals surface area contributed by atoms with Crippen molar-refractivity contribution < 1.29 is 49.4 Å². The first-order chi connectivity index (χ1) is 18.4. The van der Waals surface area contributed by atoms with Gasteiger partial charge in [0.2, 0.25) is 5.78 Å². The smallest absolute Gasteiger partial charge is 0.202 e. The quantitative estimate of drug-likeness (QED) is 0.301. The first kappa shape index (κ1) is 27.3. The molecule has 1 fully saturated rings. The number of phenols is 2. The van der Waals surface area contributed by atoms with E-state index in [2.05, 4.69) is 0 Å². The van der Waals surface area contributed by atoms with Crippen LogP contribution >= 0.6 is 0 Å². The minimum absolute atomic E-state index is 0.00703. The third-order valence-corrected chi connectivity index (χ3v) is 8.53. The van der Waals surface area contributed by atoms with Gasteiger partial charge in [0, 0.05) is 29.5 Å². The van der Waals surface area contributed by atoms with Gasteiger partial charge in [-0.3, -0.25) is 14.4 Å². The van der Waals surface area contributed by atoms with Crippen LogP contribution in [0.5, 0.6) is 17.2 Å². The number of Topliss-reactive ketones (excluding diaryl/α,β-unsaturated/α-hetero) is 1. The average Bonchev–Trinajstić information content (AvgIpc) is 2.90. The molecule has 0 bridgehead atoms. The van der Waals surface area contributed by atoms with Crippen molar-refractivity contribution in [1.29, 1.82) is 0 Å². The molecular weight excluding hydrogens is 508 g/mol. The zero-order chi connectivity index (χ0) is 28.4. The molecule has 5 N–H and O–H groups in total. The molecule has 5 rings (SSSR count). The van der Waals surface area contributed by atoms with E-state index in [1.807, 2.05) is 13.8 Å². The summed E-state index contributed by atoms with van der Waals surface area (Å²) in [5, 5.41) is 54.2. The van der Waals surface area contributed by atoms with Crippen LogP contribution in [0.4, 0.5) is 0 Å². The van der Waals surface area contributed by atoms with E-state index in [-0.39, 0.29) is 46.3 Å². The normalized spacial score (nSPS) is 29.8. The van der Waals surface area contributed by atoms with Crippen molar-refractivity contribution in [1.82, 2.24) is 0 Å². The van der Waals surface area contributed by atoms with Crippen molar-refractivity contribution in [2.45, 2.75) is 63.4 Å². The number of methoxy groups -OCH3 is 1. The molecule has 0 saturated heterocycles. The Balaban J connectivity index is 1.69.